The Bertz CT molecular complexity index is 548. The van der Waals surface area contributed by atoms with Crippen LogP contribution in [0.1, 0.15) is 0 Å². The van der Waals surface area contributed by atoms with Crippen molar-refractivity contribution in [3.8, 4) is 11.1 Å². The van der Waals surface area contributed by atoms with Crippen molar-refractivity contribution in [3.63, 3.8) is 0 Å². The maximum absolute atomic E-state index is 12.8. The number of anilines is 1. The van der Waals surface area contributed by atoms with E-state index >= 15 is 0 Å². The van der Waals surface area contributed by atoms with E-state index in [2.05, 4.69) is 4.98 Å². The molecule has 1 heterocycles. The Labute approximate surface area is 85.4 Å². The summed E-state index contributed by atoms with van der Waals surface area (Å²) >= 11 is 0. The molecule has 0 atom stereocenters. The third kappa shape index (κ3) is 1.88. The molecular formula is C11H9FN2O. The Hall–Kier alpha value is -2.10. The molecule has 0 saturated carbocycles. The largest absolute Gasteiger partial charge is 0.398 e. The van der Waals surface area contributed by atoms with Crippen LogP contribution in [-0.2, 0) is 0 Å². The molecule has 0 fully saturated rings. The molecule has 3 N–H and O–H groups in total. The number of nitrogens with one attached hydrogen (secondary N) is 1. The Balaban J connectivity index is 2.59. The molecule has 4 heteroatoms. The topological polar surface area (TPSA) is 58.9 Å². The maximum Gasteiger partial charge on any atom is 0.248 e. The first kappa shape index (κ1) is 9.45. The van der Waals surface area contributed by atoms with E-state index in [1.54, 1.807) is 12.1 Å². The number of aromatic amines is 1. The van der Waals surface area contributed by atoms with Gasteiger partial charge in [0.1, 0.15) is 5.82 Å². The van der Waals surface area contributed by atoms with Gasteiger partial charge in [-0.25, -0.2) is 4.39 Å². The van der Waals surface area contributed by atoms with Gasteiger partial charge in [0.05, 0.1) is 0 Å². The minimum absolute atomic E-state index is 0.212. The van der Waals surface area contributed by atoms with Gasteiger partial charge in [-0.3, -0.25) is 4.79 Å². The van der Waals surface area contributed by atoms with Gasteiger partial charge in [-0.2, -0.15) is 0 Å². The lowest BCUT2D eigenvalue weighted by Gasteiger charge is -2.04. The smallest absolute Gasteiger partial charge is 0.248 e. The molecule has 0 radical (unpaired) electrons. The van der Waals surface area contributed by atoms with E-state index in [1.807, 2.05) is 0 Å². The van der Waals surface area contributed by atoms with E-state index in [-0.39, 0.29) is 11.4 Å². The highest BCUT2D eigenvalue weighted by atomic mass is 19.1. The minimum Gasteiger partial charge on any atom is -0.398 e. The second kappa shape index (κ2) is 3.57. The summed E-state index contributed by atoms with van der Waals surface area (Å²) in [5.74, 6) is -0.388. The van der Waals surface area contributed by atoms with Gasteiger partial charge in [0.2, 0.25) is 5.56 Å². The van der Waals surface area contributed by atoms with Gasteiger partial charge < -0.3 is 10.7 Å². The first-order valence-corrected chi connectivity index (χ1v) is 4.41. The van der Waals surface area contributed by atoms with Gasteiger partial charge in [-0.1, -0.05) is 0 Å². The molecule has 0 bridgehead atoms. The molecule has 3 nitrogen and oxygen atoms in total. The third-order valence-electron chi connectivity index (χ3n) is 2.10. The van der Waals surface area contributed by atoms with E-state index in [0.717, 1.165) is 0 Å². The summed E-state index contributed by atoms with van der Waals surface area (Å²) in [7, 11) is 0. The Morgan fingerprint density at radius 2 is 2.00 bits per heavy atom. The summed E-state index contributed by atoms with van der Waals surface area (Å²) in [5, 5.41) is 0. The summed E-state index contributed by atoms with van der Waals surface area (Å²) in [4.78, 5) is 13.6. The van der Waals surface area contributed by atoms with Crippen molar-refractivity contribution in [2.75, 3.05) is 5.73 Å². The first-order valence-electron chi connectivity index (χ1n) is 4.41. The molecule has 2 rings (SSSR count). The quantitative estimate of drug-likeness (QED) is 0.695. The monoisotopic (exact) mass is 204 g/mol. The summed E-state index contributed by atoms with van der Waals surface area (Å²) in [5.41, 5.74) is 7.09. The average molecular weight is 204 g/mol. The van der Waals surface area contributed by atoms with Crippen molar-refractivity contribution < 1.29 is 4.39 Å². The minimum atomic E-state index is -0.388. The van der Waals surface area contributed by atoms with Crippen LogP contribution >= 0.6 is 0 Å². The number of halogens is 1. The van der Waals surface area contributed by atoms with Crippen LogP contribution in [0.2, 0.25) is 0 Å². The lowest BCUT2D eigenvalue weighted by molar-refractivity contribution is 0.628. The summed E-state index contributed by atoms with van der Waals surface area (Å²) in [6.07, 6.45) is 1.53. The average Bonchev–Trinajstić information content (AvgIpc) is 2.17. The number of H-pyrrole nitrogens is 1. The molecule has 0 aliphatic heterocycles. The molecule has 1 aromatic carbocycles. The zero-order valence-electron chi connectivity index (χ0n) is 7.83. The lowest BCUT2D eigenvalue weighted by atomic mass is 10.1. The number of rotatable bonds is 1. The van der Waals surface area contributed by atoms with Crippen molar-refractivity contribution in [2.45, 2.75) is 0 Å². The van der Waals surface area contributed by atoms with Crippen LogP contribution in [0.3, 0.4) is 0 Å². The van der Waals surface area contributed by atoms with E-state index in [9.17, 15) is 9.18 Å². The number of hydrogen-bond donors (Lipinski definition) is 2. The summed E-state index contributed by atoms with van der Waals surface area (Å²) in [6, 6.07) is 7.23. The van der Waals surface area contributed by atoms with Crippen LogP contribution in [0.15, 0.2) is 41.3 Å². The van der Waals surface area contributed by atoms with Crippen LogP contribution in [0, 0.1) is 5.82 Å². The van der Waals surface area contributed by atoms with Crippen molar-refractivity contribution in [1.82, 2.24) is 4.98 Å². The number of aromatic nitrogens is 1. The Morgan fingerprint density at radius 3 is 2.67 bits per heavy atom. The molecule has 76 valence electrons. The highest BCUT2D eigenvalue weighted by molar-refractivity contribution is 5.75. The zero-order valence-corrected chi connectivity index (χ0v) is 7.83. The van der Waals surface area contributed by atoms with Crippen LogP contribution in [0.5, 0.6) is 0 Å². The molecular weight excluding hydrogens is 195 g/mol. The first-order chi connectivity index (χ1) is 7.16. The molecule has 2 aromatic rings. The molecule has 0 aliphatic carbocycles. The van der Waals surface area contributed by atoms with Crippen LogP contribution in [-0.4, -0.2) is 4.98 Å². The fourth-order valence-electron chi connectivity index (χ4n) is 1.41. The van der Waals surface area contributed by atoms with Crippen LogP contribution in [0.4, 0.5) is 10.1 Å². The predicted molar refractivity (Wildman–Crippen MR) is 56.9 cm³/mol. The van der Waals surface area contributed by atoms with E-state index in [0.29, 0.717) is 16.8 Å². The van der Waals surface area contributed by atoms with Gasteiger partial charge in [0.25, 0.3) is 0 Å². The fraction of sp³-hybridized carbons (Fsp3) is 0. The zero-order chi connectivity index (χ0) is 10.8. The number of pyridine rings is 1. The third-order valence-corrected chi connectivity index (χ3v) is 2.10. The second-order valence-electron chi connectivity index (χ2n) is 3.17. The highest BCUT2D eigenvalue weighted by Crippen LogP contribution is 2.24. The summed E-state index contributed by atoms with van der Waals surface area (Å²) in [6.45, 7) is 0. The van der Waals surface area contributed by atoms with Gasteiger partial charge in [-0.15, -0.1) is 0 Å². The number of hydrogen-bond acceptors (Lipinski definition) is 2. The highest BCUT2D eigenvalue weighted by Gasteiger charge is 2.03. The number of nitrogens with two attached hydrogens (primary N) is 1. The van der Waals surface area contributed by atoms with E-state index in [4.69, 9.17) is 5.73 Å². The van der Waals surface area contributed by atoms with Gasteiger partial charge >= 0.3 is 0 Å². The molecule has 1 aromatic heterocycles. The molecule has 15 heavy (non-hydrogen) atoms. The molecule has 0 amide bonds. The SMILES string of the molecule is Nc1cc(F)ccc1-c1cc[nH]c(=O)c1. The van der Waals surface area contributed by atoms with E-state index < -0.39 is 0 Å². The molecule has 0 unspecified atom stereocenters. The predicted octanol–water partition coefficient (Wildman–Crippen LogP) is 1.76. The van der Waals surface area contributed by atoms with Crippen molar-refractivity contribution in [3.05, 3.63) is 52.7 Å². The molecule has 0 aliphatic rings. The molecule has 0 spiro atoms. The van der Waals surface area contributed by atoms with E-state index in [1.165, 1.54) is 24.4 Å². The maximum atomic E-state index is 12.8. The van der Waals surface area contributed by atoms with Crippen molar-refractivity contribution >= 4 is 5.69 Å². The van der Waals surface area contributed by atoms with Gasteiger partial charge in [0.15, 0.2) is 0 Å². The van der Waals surface area contributed by atoms with Crippen molar-refractivity contribution in [2.24, 2.45) is 0 Å². The van der Waals surface area contributed by atoms with Crippen LogP contribution in [0.25, 0.3) is 11.1 Å². The number of nitrogen functional groups attached to an aromatic ring is 1. The second-order valence-corrected chi connectivity index (χ2v) is 3.17. The lowest BCUT2D eigenvalue weighted by Crippen LogP contribution is -2.03. The Kier molecular flexibility index (Phi) is 2.25. The van der Waals surface area contributed by atoms with Crippen molar-refractivity contribution in [1.29, 1.82) is 0 Å². The standard InChI is InChI=1S/C11H9FN2O/c12-8-1-2-9(10(13)6-8)7-3-4-14-11(15)5-7/h1-6H,13H2,(H,14,15). The number of benzene rings is 1. The van der Waals surface area contributed by atoms with Gasteiger partial charge in [-0.05, 0) is 29.8 Å². The molecule has 0 saturated heterocycles. The fourth-order valence-corrected chi connectivity index (χ4v) is 1.41. The van der Waals surface area contributed by atoms with Crippen LogP contribution < -0.4 is 11.3 Å². The summed E-state index contributed by atoms with van der Waals surface area (Å²) < 4.78 is 12.8. The van der Waals surface area contributed by atoms with Gasteiger partial charge in [0, 0.05) is 23.5 Å². The Morgan fingerprint density at radius 1 is 1.20 bits per heavy atom. The normalized spacial score (nSPS) is 10.2.